The Kier molecular flexibility index (Phi) is 34.3. The number of allylic oxidation sites excluding steroid dienone is 24. The summed E-state index contributed by atoms with van der Waals surface area (Å²) in [7, 11) is 0. The lowest BCUT2D eigenvalue weighted by molar-refractivity contribution is -0.137. The topological polar surface area (TPSA) is 37.3 Å². The van der Waals surface area contributed by atoms with Crippen LogP contribution >= 0.6 is 0 Å². The smallest absolute Gasteiger partial charge is 0.303 e. The maximum atomic E-state index is 10.4. The summed E-state index contributed by atoms with van der Waals surface area (Å²) >= 11 is 0. The SMILES string of the molecule is CC/C=C\C/C=C\C/C=C\C/C=C\C/C=C\C/C=C\C/C=C\C/C=C\C/C=C\C/C=C\C/C=C\C/C=C\CCCCC(=O)O. The van der Waals surface area contributed by atoms with Crippen molar-refractivity contribution in [2.75, 3.05) is 0 Å². The van der Waals surface area contributed by atoms with Gasteiger partial charge in [-0.15, -0.1) is 0 Å². The Bertz CT molecular complexity index is 1000. The van der Waals surface area contributed by atoms with Crippen molar-refractivity contribution in [3.8, 4) is 0 Å². The Balaban J connectivity index is 3.61. The molecular formula is C42H60O2. The molecule has 0 rings (SSSR count). The van der Waals surface area contributed by atoms with Crippen molar-refractivity contribution in [1.29, 1.82) is 0 Å². The van der Waals surface area contributed by atoms with E-state index in [0.717, 1.165) is 96.3 Å². The van der Waals surface area contributed by atoms with Gasteiger partial charge < -0.3 is 5.11 Å². The average Bonchev–Trinajstić information content (AvgIpc) is 3.02. The Morgan fingerprint density at radius 3 is 0.818 bits per heavy atom. The quantitative estimate of drug-likeness (QED) is 0.0720. The van der Waals surface area contributed by atoms with Gasteiger partial charge in [0.05, 0.1) is 0 Å². The van der Waals surface area contributed by atoms with Crippen LogP contribution in [0.2, 0.25) is 0 Å². The highest BCUT2D eigenvalue weighted by Crippen LogP contribution is 2.02. The zero-order valence-electron chi connectivity index (χ0n) is 27.5. The van der Waals surface area contributed by atoms with Crippen molar-refractivity contribution in [3.05, 3.63) is 146 Å². The summed E-state index contributed by atoms with van der Waals surface area (Å²) < 4.78 is 0. The molecule has 0 bridgehead atoms. The molecule has 0 aromatic rings. The molecule has 0 unspecified atom stereocenters. The number of hydrogen-bond acceptors (Lipinski definition) is 1. The average molecular weight is 597 g/mol. The van der Waals surface area contributed by atoms with E-state index in [-0.39, 0.29) is 6.42 Å². The van der Waals surface area contributed by atoms with Crippen LogP contribution in [0, 0.1) is 0 Å². The number of carboxylic acid groups (broad SMARTS) is 1. The second-order valence-electron chi connectivity index (χ2n) is 10.3. The maximum Gasteiger partial charge on any atom is 0.303 e. The van der Waals surface area contributed by atoms with Gasteiger partial charge in [0.1, 0.15) is 0 Å². The van der Waals surface area contributed by atoms with Gasteiger partial charge in [0.15, 0.2) is 0 Å². The molecule has 2 nitrogen and oxygen atoms in total. The van der Waals surface area contributed by atoms with Crippen molar-refractivity contribution in [3.63, 3.8) is 0 Å². The first-order valence-electron chi connectivity index (χ1n) is 16.8. The Labute approximate surface area is 270 Å². The molecule has 1 N–H and O–H groups in total. The van der Waals surface area contributed by atoms with Crippen LogP contribution in [0.15, 0.2) is 146 Å². The molecule has 0 heterocycles. The van der Waals surface area contributed by atoms with Crippen LogP contribution < -0.4 is 0 Å². The normalized spacial score (nSPS) is 13.7. The molecule has 0 atom stereocenters. The molecule has 0 aliphatic carbocycles. The van der Waals surface area contributed by atoms with Gasteiger partial charge in [-0.25, -0.2) is 0 Å². The van der Waals surface area contributed by atoms with E-state index in [4.69, 9.17) is 5.11 Å². The molecule has 0 amide bonds. The van der Waals surface area contributed by atoms with Gasteiger partial charge >= 0.3 is 5.97 Å². The molecule has 0 saturated carbocycles. The molecular weight excluding hydrogens is 536 g/mol. The van der Waals surface area contributed by atoms with Crippen LogP contribution in [0.25, 0.3) is 0 Å². The van der Waals surface area contributed by atoms with Crippen molar-refractivity contribution in [2.45, 2.75) is 110 Å². The summed E-state index contributed by atoms with van der Waals surface area (Å²) in [5, 5.41) is 8.60. The lowest BCUT2D eigenvalue weighted by Gasteiger charge is -1.92. The fourth-order valence-electron chi connectivity index (χ4n) is 3.80. The highest BCUT2D eigenvalue weighted by molar-refractivity contribution is 5.66. The lowest BCUT2D eigenvalue weighted by Crippen LogP contribution is -1.92. The molecule has 0 aliphatic heterocycles. The molecule has 0 aromatic carbocycles. The van der Waals surface area contributed by atoms with Gasteiger partial charge in [0.2, 0.25) is 0 Å². The third kappa shape index (κ3) is 38.4. The summed E-state index contributed by atoms with van der Waals surface area (Å²) in [6.45, 7) is 2.16. The van der Waals surface area contributed by atoms with E-state index in [1.807, 2.05) is 0 Å². The van der Waals surface area contributed by atoms with E-state index >= 15 is 0 Å². The van der Waals surface area contributed by atoms with E-state index in [0.29, 0.717) is 0 Å². The number of aliphatic carboxylic acids is 1. The number of hydrogen-bond donors (Lipinski definition) is 1. The predicted octanol–water partition coefficient (Wildman–Crippen LogP) is 13.0. The van der Waals surface area contributed by atoms with Crippen LogP contribution in [0.4, 0.5) is 0 Å². The zero-order chi connectivity index (χ0) is 31.9. The summed E-state index contributed by atoms with van der Waals surface area (Å²) in [4.78, 5) is 10.4. The molecule has 240 valence electrons. The van der Waals surface area contributed by atoms with Crippen LogP contribution in [-0.4, -0.2) is 11.1 Å². The summed E-state index contributed by atoms with van der Waals surface area (Å²) in [5.74, 6) is -0.704. The van der Waals surface area contributed by atoms with Crippen molar-refractivity contribution in [2.24, 2.45) is 0 Å². The summed E-state index contributed by atoms with van der Waals surface area (Å²) in [6, 6.07) is 0. The molecule has 2 heteroatoms. The van der Waals surface area contributed by atoms with E-state index < -0.39 is 5.97 Å². The van der Waals surface area contributed by atoms with Gasteiger partial charge in [-0.05, 0) is 96.3 Å². The van der Waals surface area contributed by atoms with Crippen molar-refractivity contribution >= 4 is 5.97 Å². The van der Waals surface area contributed by atoms with Gasteiger partial charge in [-0.3, -0.25) is 4.79 Å². The molecule has 0 aliphatic rings. The van der Waals surface area contributed by atoms with E-state index in [2.05, 4.69) is 153 Å². The van der Waals surface area contributed by atoms with E-state index in [9.17, 15) is 4.79 Å². The number of rotatable bonds is 28. The maximum absolute atomic E-state index is 10.4. The number of unbranched alkanes of at least 4 members (excludes halogenated alkanes) is 2. The zero-order valence-corrected chi connectivity index (χ0v) is 27.5. The standard InChI is InChI=1S/C42H60O2/c1-2-3-4-5-6-7-8-9-10-11-12-13-14-15-16-17-18-19-20-21-22-23-24-25-26-27-28-29-30-31-32-33-34-35-36-37-38-39-40-41-42(43)44/h3-4,6-7,9-10,12-13,15-16,18-19,21-22,24-25,27-28,30-31,33-34,36-37H,2,5,8,11,14,17,20,23,26,29,32,35,38-41H2,1H3,(H,43,44)/b4-3-,7-6-,10-9-,13-12-,16-15-,19-18-,22-21-,25-24-,28-27-,31-30-,34-33-,37-36-. The highest BCUT2D eigenvalue weighted by atomic mass is 16.4. The first-order chi connectivity index (χ1) is 21.8. The van der Waals surface area contributed by atoms with Gasteiger partial charge in [0, 0.05) is 6.42 Å². The minimum Gasteiger partial charge on any atom is -0.481 e. The lowest BCUT2D eigenvalue weighted by atomic mass is 10.2. The summed E-state index contributed by atoms with van der Waals surface area (Å²) in [5.41, 5.74) is 0. The Hall–Kier alpha value is -3.65. The molecule has 44 heavy (non-hydrogen) atoms. The minimum atomic E-state index is -0.704. The number of carbonyl (C=O) groups is 1. The van der Waals surface area contributed by atoms with Crippen LogP contribution in [0.5, 0.6) is 0 Å². The minimum absolute atomic E-state index is 0.274. The molecule has 0 aromatic heterocycles. The first-order valence-corrected chi connectivity index (χ1v) is 16.8. The van der Waals surface area contributed by atoms with Gasteiger partial charge in [-0.1, -0.05) is 153 Å². The first kappa shape index (κ1) is 40.4. The van der Waals surface area contributed by atoms with Crippen molar-refractivity contribution < 1.29 is 9.90 Å². The molecule has 0 radical (unpaired) electrons. The Morgan fingerprint density at radius 2 is 0.591 bits per heavy atom. The van der Waals surface area contributed by atoms with Crippen LogP contribution in [0.3, 0.4) is 0 Å². The third-order valence-corrected chi connectivity index (χ3v) is 6.24. The molecule has 0 saturated heterocycles. The van der Waals surface area contributed by atoms with Crippen LogP contribution in [-0.2, 0) is 4.79 Å². The second kappa shape index (κ2) is 37.4. The number of carboxylic acids is 1. The second-order valence-corrected chi connectivity index (χ2v) is 10.3. The van der Waals surface area contributed by atoms with E-state index in [1.54, 1.807) is 0 Å². The fourth-order valence-corrected chi connectivity index (χ4v) is 3.80. The van der Waals surface area contributed by atoms with Crippen molar-refractivity contribution in [1.82, 2.24) is 0 Å². The molecule has 0 spiro atoms. The van der Waals surface area contributed by atoms with Crippen LogP contribution in [0.1, 0.15) is 110 Å². The predicted molar refractivity (Wildman–Crippen MR) is 197 cm³/mol. The highest BCUT2D eigenvalue weighted by Gasteiger charge is 1.93. The monoisotopic (exact) mass is 596 g/mol. The summed E-state index contributed by atoms with van der Waals surface area (Å²) in [6.07, 6.45) is 68.2. The van der Waals surface area contributed by atoms with E-state index in [1.165, 1.54) is 0 Å². The largest absolute Gasteiger partial charge is 0.481 e. The Morgan fingerprint density at radius 1 is 0.364 bits per heavy atom. The fraction of sp³-hybridized carbons (Fsp3) is 0.405. The molecule has 0 fully saturated rings. The van der Waals surface area contributed by atoms with Gasteiger partial charge in [-0.2, -0.15) is 0 Å². The van der Waals surface area contributed by atoms with Gasteiger partial charge in [0.25, 0.3) is 0 Å². The third-order valence-electron chi connectivity index (χ3n) is 6.24.